The van der Waals surface area contributed by atoms with Crippen LogP contribution in [0.15, 0.2) is 24.3 Å². The largest absolute Gasteiger partial charge is 0.399 e. The maximum Gasteiger partial charge on any atom is 0.0316 e. The second kappa shape index (κ2) is 5.75. The van der Waals surface area contributed by atoms with Gasteiger partial charge in [-0.3, -0.25) is 0 Å². The van der Waals surface area contributed by atoms with Crippen LogP contribution in [0.1, 0.15) is 38.7 Å². The molecule has 18 heavy (non-hydrogen) atoms. The van der Waals surface area contributed by atoms with Crippen LogP contribution in [0, 0.1) is 5.41 Å². The van der Waals surface area contributed by atoms with E-state index in [1.807, 2.05) is 6.07 Å². The topological polar surface area (TPSA) is 29.3 Å². The van der Waals surface area contributed by atoms with Crippen molar-refractivity contribution in [2.45, 2.75) is 39.5 Å². The molecule has 0 saturated carbocycles. The van der Waals surface area contributed by atoms with Gasteiger partial charge in [-0.1, -0.05) is 26.0 Å². The van der Waals surface area contributed by atoms with E-state index in [1.54, 1.807) is 0 Å². The van der Waals surface area contributed by atoms with Crippen molar-refractivity contribution in [2.24, 2.45) is 5.41 Å². The number of hydrogen-bond donors (Lipinski definition) is 1. The first-order valence-electron chi connectivity index (χ1n) is 7.12. The lowest BCUT2D eigenvalue weighted by atomic mass is 9.85. The molecule has 2 nitrogen and oxygen atoms in total. The Kier molecular flexibility index (Phi) is 4.28. The van der Waals surface area contributed by atoms with Crippen LogP contribution in [0.2, 0.25) is 0 Å². The summed E-state index contributed by atoms with van der Waals surface area (Å²) in [5.41, 5.74) is 8.59. The molecule has 0 bridgehead atoms. The minimum atomic E-state index is 0.534. The van der Waals surface area contributed by atoms with Gasteiger partial charge < -0.3 is 10.6 Å². The van der Waals surface area contributed by atoms with Crippen LogP contribution >= 0.6 is 0 Å². The molecule has 2 N–H and O–H groups in total. The van der Waals surface area contributed by atoms with Crippen LogP contribution in [-0.4, -0.2) is 24.5 Å². The molecular weight excluding hydrogens is 220 g/mol. The van der Waals surface area contributed by atoms with Gasteiger partial charge in [-0.25, -0.2) is 0 Å². The summed E-state index contributed by atoms with van der Waals surface area (Å²) in [5.74, 6) is 0. The van der Waals surface area contributed by atoms with E-state index in [2.05, 4.69) is 36.9 Å². The van der Waals surface area contributed by atoms with Gasteiger partial charge in [0.2, 0.25) is 0 Å². The second-order valence-corrected chi connectivity index (χ2v) is 6.35. The third kappa shape index (κ3) is 4.02. The third-order valence-electron chi connectivity index (χ3n) is 4.10. The molecule has 1 aromatic carbocycles. The highest BCUT2D eigenvalue weighted by molar-refractivity contribution is 5.40. The minimum absolute atomic E-state index is 0.534. The Balaban J connectivity index is 1.83. The minimum Gasteiger partial charge on any atom is -0.399 e. The molecule has 1 saturated heterocycles. The number of anilines is 1. The lowest BCUT2D eigenvalue weighted by molar-refractivity contribution is 0.265. The van der Waals surface area contributed by atoms with Gasteiger partial charge >= 0.3 is 0 Å². The lowest BCUT2D eigenvalue weighted by Gasteiger charge is -2.23. The van der Waals surface area contributed by atoms with Crippen LogP contribution in [0.3, 0.4) is 0 Å². The number of hydrogen-bond acceptors (Lipinski definition) is 2. The van der Waals surface area contributed by atoms with E-state index in [0.717, 1.165) is 12.1 Å². The summed E-state index contributed by atoms with van der Waals surface area (Å²) < 4.78 is 0. The lowest BCUT2D eigenvalue weighted by Crippen LogP contribution is -2.27. The van der Waals surface area contributed by atoms with Crippen molar-refractivity contribution in [3.8, 4) is 0 Å². The predicted molar refractivity (Wildman–Crippen MR) is 78.6 cm³/mol. The number of rotatable bonds is 3. The summed E-state index contributed by atoms with van der Waals surface area (Å²) in [7, 11) is 0. The summed E-state index contributed by atoms with van der Waals surface area (Å²) in [6.07, 6.45) is 5.14. The highest BCUT2D eigenvalue weighted by Gasteiger charge is 2.22. The van der Waals surface area contributed by atoms with Crippen molar-refractivity contribution in [3.05, 3.63) is 29.8 Å². The maximum absolute atomic E-state index is 5.81. The van der Waals surface area contributed by atoms with Crippen molar-refractivity contribution in [3.63, 3.8) is 0 Å². The van der Waals surface area contributed by atoms with Crippen LogP contribution in [-0.2, 0) is 6.42 Å². The molecule has 1 aromatic rings. The van der Waals surface area contributed by atoms with Gasteiger partial charge in [-0.2, -0.15) is 0 Å². The van der Waals surface area contributed by atoms with Gasteiger partial charge in [0.25, 0.3) is 0 Å². The summed E-state index contributed by atoms with van der Waals surface area (Å²) in [6, 6.07) is 8.29. The molecule has 1 fully saturated rings. The Hall–Kier alpha value is -1.02. The van der Waals surface area contributed by atoms with E-state index in [9.17, 15) is 0 Å². The number of likely N-dealkylation sites (tertiary alicyclic amines) is 1. The van der Waals surface area contributed by atoms with Gasteiger partial charge in [0.05, 0.1) is 0 Å². The maximum atomic E-state index is 5.81. The van der Waals surface area contributed by atoms with Crippen LogP contribution in [0.25, 0.3) is 0 Å². The van der Waals surface area contributed by atoms with Crippen molar-refractivity contribution in [1.82, 2.24) is 4.90 Å². The molecule has 2 heteroatoms. The van der Waals surface area contributed by atoms with E-state index in [1.165, 1.54) is 44.5 Å². The third-order valence-corrected chi connectivity index (χ3v) is 4.10. The summed E-state index contributed by atoms with van der Waals surface area (Å²) in [4.78, 5) is 2.61. The monoisotopic (exact) mass is 246 g/mol. The summed E-state index contributed by atoms with van der Waals surface area (Å²) in [5, 5.41) is 0. The summed E-state index contributed by atoms with van der Waals surface area (Å²) in [6.45, 7) is 8.46. The van der Waals surface area contributed by atoms with Gasteiger partial charge in [0.15, 0.2) is 0 Å². The molecular formula is C16H26N2. The smallest absolute Gasteiger partial charge is 0.0316 e. The highest BCUT2D eigenvalue weighted by atomic mass is 15.1. The molecule has 2 rings (SSSR count). The van der Waals surface area contributed by atoms with Crippen LogP contribution in [0.4, 0.5) is 5.69 Å². The Bertz CT molecular complexity index is 384. The quantitative estimate of drug-likeness (QED) is 0.829. The van der Waals surface area contributed by atoms with Crippen molar-refractivity contribution < 1.29 is 0 Å². The molecule has 0 unspecified atom stereocenters. The zero-order valence-electron chi connectivity index (χ0n) is 11.8. The van der Waals surface area contributed by atoms with Gasteiger partial charge in [-0.05, 0) is 61.9 Å². The zero-order valence-corrected chi connectivity index (χ0v) is 11.8. The Morgan fingerprint density at radius 3 is 2.83 bits per heavy atom. The van der Waals surface area contributed by atoms with E-state index in [0.29, 0.717) is 5.41 Å². The normalized spacial score (nSPS) is 20.6. The molecule has 0 atom stereocenters. The first kappa shape index (κ1) is 13.4. The average Bonchev–Trinajstić information content (AvgIpc) is 2.48. The van der Waals surface area contributed by atoms with Gasteiger partial charge in [-0.15, -0.1) is 0 Å². The Morgan fingerprint density at radius 2 is 2.06 bits per heavy atom. The summed E-state index contributed by atoms with van der Waals surface area (Å²) >= 11 is 0. The standard InChI is InChI=1S/C16H26N2/c1-16(2)8-4-10-18(12-9-16)11-7-14-5-3-6-15(17)13-14/h3,5-6,13H,4,7-12,17H2,1-2H3. The van der Waals surface area contributed by atoms with Crippen LogP contribution in [0.5, 0.6) is 0 Å². The first-order valence-corrected chi connectivity index (χ1v) is 7.12. The van der Waals surface area contributed by atoms with E-state index >= 15 is 0 Å². The molecule has 1 aliphatic heterocycles. The van der Waals surface area contributed by atoms with Gasteiger partial charge in [0.1, 0.15) is 0 Å². The first-order chi connectivity index (χ1) is 8.55. The molecule has 0 aromatic heterocycles. The molecule has 100 valence electrons. The molecule has 0 spiro atoms. The fraction of sp³-hybridized carbons (Fsp3) is 0.625. The van der Waals surface area contributed by atoms with Crippen LogP contribution < -0.4 is 5.73 Å². The van der Waals surface area contributed by atoms with Crippen molar-refractivity contribution in [1.29, 1.82) is 0 Å². The molecule has 0 radical (unpaired) electrons. The predicted octanol–water partition coefficient (Wildman–Crippen LogP) is 3.32. The van der Waals surface area contributed by atoms with Crippen molar-refractivity contribution >= 4 is 5.69 Å². The average molecular weight is 246 g/mol. The van der Waals surface area contributed by atoms with Crippen molar-refractivity contribution in [2.75, 3.05) is 25.4 Å². The fourth-order valence-electron chi connectivity index (χ4n) is 2.74. The van der Waals surface area contributed by atoms with E-state index < -0.39 is 0 Å². The van der Waals surface area contributed by atoms with E-state index in [4.69, 9.17) is 5.73 Å². The zero-order chi connectivity index (χ0) is 13.0. The fourth-order valence-corrected chi connectivity index (χ4v) is 2.74. The Morgan fingerprint density at radius 1 is 1.22 bits per heavy atom. The number of nitrogens with two attached hydrogens (primary N) is 1. The highest BCUT2D eigenvalue weighted by Crippen LogP contribution is 2.29. The molecule has 1 heterocycles. The Labute approximate surface area is 111 Å². The van der Waals surface area contributed by atoms with E-state index in [-0.39, 0.29) is 0 Å². The molecule has 1 aliphatic rings. The van der Waals surface area contributed by atoms with Gasteiger partial charge in [0, 0.05) is 12.2 Å². The number of nitrogen functional groups attached to an aromatic ring is 1. The second-order valence-electron chi connectivity index (χ2n) is 6.35. The molecule has 0 aliphatic carbocycles. The number of nitrogens with zero attached hydrogens (tertiary/aromatic N) is 1. The molecule has 0 amide bonds. The number of benzene rings is 1. The SMILES string of the molecule is CC1(C)CCCN(CCc2cccc(N)c2)CC1.